The Labute approximate surface area is 142 Å². The van der Waals surface area contributed by atoms with E-state index in [1.807, 2.05) is 13.8 Å². The minimum absolute atomic E-state index is 0.0178. The summed E-state index contributed by atoms with van der Waals surface area (Å²) in [4.78, 5) is 26.5. The van der Waals surface area contributed by atoms with Crippen LogP contribution in [0, 0.1) is 0 Å². The Balaban J connectivity index is 3.17. The SMILES string of the molecule is CCOC(=O)C1=C[C@@H](OC(CC)CC)[C@@H](NC(C)=O)[C@H](N=[N+]=[N-])C1. The van der Waals surface area contributed by atoms with E-state index < -0.39 is 24.2 Å². The normalized spacial score (nSPS) is 23.2. The number of esters is 1. The van der Waals surface area contributed by atoms with Crippen molar-refractivity contribution in [2.45, 2.75) is 71.2 Å². The second-order valence-electron chi connectivity index (χ2n) is 5.65. The van der Waals surface area contributed by atoms with Crippen molar-refractivity contribution in [3.8, 4) is 0 Å². The van der Waals surface area contributed by atoms with Gasteiger partial charge in [0.25, 0.3) is 0 Å². The number of carbonyl (C=O) groups excluding carboxylic acids is 2. The van der Waals surface area contributed by atoms with Crippen molar-refractivity contribution in [1.82, 2.24) is 5.32 Å². The fourth-order valence-corrected chi connectivity index (χ4v) is 2.74. The van der Waals surface area contributed by atoms with Gasteiger partial charge in [-0.25, -0.2) is 4.79 Å². The van der Waals surface area contributed by atoms with Gasteiger partial charge in [-0.3, -0.25) is 4.79 Å². The zero-order chi connectivity index (χ0) is 18.1. The maximum atomic E-state index is 12.1. The fraction of sp³-hybridized carbons (Fsp3) is 0.750. The molecule has 0 fully saturated rings. The third-order valence-corrected chi connectivity index (χ3v) is 3.93. The summed E-state index contributed by atoms with van der Waals surface area (Å²) in [6.07, 6.45) is 2.92. The number of azide groups is 1. The maximum absolute atomic E-state index is 12.1. The Hall–Kier alpha value is -2.05. The molecule has 1 amide bonds. The molecule has 0 radical (unpaired) electrons. The van der Waals surface area contributed by atoms with Gasteiger partial charge in [-0.05, 0) is 37.8 Å². The Bertz CT molecular complexity index is 524. The van der Waals surface area contributed by atoms with Gasteiger partial charge in [0.2, 0.25) is 5.91 Å². The van der Waals surface area contributed by atoms with Crippen molar-refractivity contribution in [3.63, 3.8) is 0 Å². The minimum Gasteiger partial charge on any atom is -0.463 e. The van der Waals surface area contributed by atoms with Crippen LogP contribution in [-0.4, -0.2) is 42.8 Å². The molecule has 8 nitrogen and oxygen atoms in total. The average Bonchev–Trinajstić information content (AvgIpc) is 2.54. The van der Waals surface area contributed by atoms with Crippen LogP contribution in [-0.2, 0) is 19.1 Å². The highest BCUT2D eigenvalue weighted by atomic mass is 16.5. The summed E-state index contributed by atoms with van der Waals surface area (Å²) in [5.74, 6) is -0.695. The second kappa shape index (κ2) is 9.95. The zero-order valence-corrected chi connectivity index (χ0v) is 14.7. The number of rotatable bonds is 8. The highest BCUT2D eigenvalue weighted by Crippen LogP contribution is 2.27. The molecule has 0 aromatic rings. The molecule has 3 atom stereocenters. The molecular weight excluding hydrogens is 312 g/mol. The predicted molar refractivity (Wildman–Crippen MR) is 89.1 cm³/mol. The molecule has 134 valence electrons. The first-order chi connectivity index (χ1) is 11.5. The monoisotopic (exact) mass is 338 g/mol. The summed E-state index contributed by atoms with van der Waals surface area (Å²) < 4.78 is 11.1. The molecule has 8 heteroatoms. The molecule has 0 saturated heterocycles. The first kappa shape index (κ1) is 20.0. The number of nitrogens with one attached hydrogen (secondary N) is 1. The van der Waals surface area contributed by atoms with Gasteiger partial charge in [0, 0.05) is 17.4 Å². The number of hydrogen-bond acceptors (Lipinski definition) is 5. The lowest BCUT2D eigenvalue weighted by Crippen LogP contribution is -2.53. The van der Waals surface area contributed by atoms with E-state index in [0.29, 0.717) is 5.57 Å². The van der Waals surface area contributed by atoms with Crippen LogP contribution in [0.5, 0.6) is 0 Å². The van der Waals surface area contributed by atoms with Crippen molar-refractivity contribution >= 4 is 11.9 Å². The van der Waals surface area contributed by atoms with E-state index in [2.05, 4.69) is 15.3 Å². The number of ether oxygens (including phenoxy) is 2. The van der Waals surface area contributed by atoms with Crippen LogP contribution < -0.4 is 5.32 Å². The summed E-state index contributed by atoms with van der Waals surface area (Å²) in [5, 5.41) is 6.54. The van der Waals surface area contributed by atoms with Gasteiger partial charge in [-0.15, -0.1) is 0 Å². The summed E-state index contributed by atoms with van der Waals surface area (Å²) >= 11 is 0. The summed E-state index contributed by atoms with van der Waals surface area (Å²) in [6.45, 7) is 7.39. The van der Waals surface area contributed by atoms with Gasteiger partial charge in [0.15, 0.2) is 0 Å². The van der Waals surface area contributed by atoms with E-state index in [1.54, 1.807) is 13.0 Å². The lowest BCUT2D eigenvalue weighted by Gasteiger charge is -2.36. The zero-order valence-electron chi connectivity index (χ0n) is 14.7. The fourth-order valence-electron chi connectivity index (χ4n) is 2.74. The molecular formula is C16H26N4O4. The highest BCUT2D eigenvalue weighted by Gasteiger charge is 2.37. The second-order valence-corrected chi connectivity index (χ2v) is 5.65. The van der Waals surface area contributed by atoms with E-state index in [9.17, 15) is 9.59 Å². The molecule has 0 aromatic carbocycles. The van der Waals surface area contributed by atoms with Gasteiger partial charge < -0.3 is 14.8 Å². The van der Waals surface area contributed by atoms with E-state index in [4.69, 9.17) is 15.0 Å². The maximum Gasteiger partial charge on any atom is 0.333 e. The minimum atomic E-state index is -0.609. The van der Waals surface area contributed by atoms with E-state index in [1.165, 1.54) is 6.92 Å². The van der Waals surface area contributed by atoms with Gasteiger partial charge in [0.1, 0.15) is 0 Å². The largest absolute Gasteiger partial charge is 0.463 e. The molecule has 1 rings (SSSR count). The lowest BCUT2D eigenvalue weighted by molar-refractivity contribution is -0.139. The third kappa shape index (κ3) is 5.54. The van der Waals surface area contributed by atoms with Crippen molar-refractivity contribution in [1.29, 1.82) is 0 Å². The van der Waals surface area contributed by atoms with Crippen molar-refractivity contribution in [3.05, 3.63) is 22.1 Å². The van der Waals surface area contributed by atoms with Gasteiger partial charge >= 0.3 is 5.97 Å². The standard InChI is InChI=1S/C16H26N4O4/c1-5-12(6-2)24-14-9-11(16(22)23-7-3)8-13(19-20-17)15(14)18-10(4)21/h9,12-15H,5-8H2,1-4H3,(H,18,21)/t13-,14-,15+/m1/s1. The molecule has 0 bridgehead atoms. The smallest absolute Gasteiger partial charge is 0.333 e. The van der Waals surface area contributed by atoms with Crippen molar-refractivity contribution in [2.75, 3.05) is 6.61 Å². The number of hydrogen-bond donors (Lipinski definition) is 1. The first-order valence-corrected chi connectivity index (χ1v) is 8.31. The predicted octanol–water partition coefficient (Wildman–Crippen LogP) is 2.64. The highest BCUT2D eigenvalue weighted by molar-refractivity contribution is 5.89. The summed E-state index contributed by atoms with van der Waals surface area (Å²) in [6, 6.07) is -1.13. The molecule has 24 heavy (non-hydrogen) atoms. The Kier molecular flexibility index (Phi) is 8.29. The molecule has 0 unspecified atom stereocenters. The Morgan fingerprint density at radius 1 is 1.42 bits per heavy atom. The summed E-state index contributed by atoms with van der Waals surface area (Å²) in [5.41, 5.74) is 9.24. The van der Waals surface area contributed by atoms with Gasteiger partial charge in [0.05, 0.1) is 30.9 Å². The van der Waals surface area contributed by atoms with Crippen LogP contribution in [0.25, 0.3) is 10.4 Å². The van der Waals surface area contributed by atoms with Gasteiger partial charge in [-0.1, -0.05) is 19.0 Å². The van der Waals surface area contributed by atoms with E-state index in [0.717, 1.165) is 12.8 Å². The molecule has 0 heterocycles. The van der Waals surface area contributed by atoms with Crippen molar-refractivity contribution in [2.24, 2.45) is 5.11 Å². The van der Waals surface area contributed by atoms with E-state index >= 15 is 0 Å². The molecule has 0 spiro atoms. The van der Waals surface area contributed by atoms with Crippen LogP contribution in [0.4, 0.5) is 0 Å². The Morgan fingerprint density at radius 2 is 2.08 bits per heavy atom. The van der Waals surface area contributed by atoms with Crippen LogP contribution in [0.3, 0.4) is 0 Å². The van der Waals surface area contributed by atoms with Crippen LogP contribution in [0.15, 0.2) is 16.8 Å². The van der Waals surface area contributed by atoms with Crippen LogP contribution >= 0.6 is 0 Å². The van der Waals surface area contributed by atoms with E-state index in [-0.39, 0.29) is 25.0 Å². The number of carbonyl (C=O) groups is 2. The molecule has 0 aliphatic heterocycles. The molecule has 1 aliphatic rings. The third-order valence-electron chi connectivity index (χ3n) is 3.93. The topological polar surface area (TPSA) is 113 Å². The average molecular weight is 338 g/mol. The molecule has 1 aliphatic carbocycles. The lowest BCUT2D eigenvalue weighted by atomic mass is 9.88. The number of nitrogens with zero attached hydrogens (tertiary/aromatic N) is 3. The number of amides is 1. The summed E-state index contributed by atoms with van der Waals surface area (Å²) in [7, 11) is 0. The first-order valence-electron chi connectivity index (χ1n) is 8.31. The Morgan fingerprint density at radius 3 is 2.58 bits per heavy atom. The van der Waals surface area contributed by atoms with Crippen LogP contribution in [0.2, 0.25) is 0 Å². The van der Waals surface area contributed by atoms with Crippen LogP contribution in [0.1, 0.15) is 47.0 Å². The van der Waals surface area contributed by atoms with Gasteiger partial charge in [-0.2, -0.15) is 0 Å². The molecule has 0 saturated carbocycles. The quantitative estimate of drug-likeness (QED) is 0.317. The molecule has 0 aromatic heterocycles. The molecule has 1 N–H and O–H groups in total. The van der Waals surface area contributed by atoms with Crippen molar-refractivity contribution < 1.29 is 19.1 Å².